The van der Waals surface area contributed by atoms with E-state index in [1.165, 1.54) is 0 Å². The van der Waals surface area contributed by atoms with E-state index < -0.39 is 0 Å². The Labute approximate surface area is 178 Å². The molecule has 0 aliphatic carbocycles. The van der Waals surface area contributed by atoms with E-state index in [9.17, 15) is 4.79 Å². The number of aliphatic imine (C=N–C) groups is 1. The van der Waals surface area contributed by atoms with Crippen LogP contribution < -0.4 is 20.3 Å². The lowest BCUT2D eigenvalue weighted by molar-refractivity contribution is -0.117. The van der Waals surface area contributed by atoms with Gasteiger partial charge in [0.25, 0.3) is 0 Å². The highest BCUT2D eigenvalue weighted by Crippen LogP contribution is 2.21. The van der Waals surface area contributed by atoms with Crippen LogP contribution in [-0.4, -0.2) is 36.5 Å². The van der Waals surface area contributed by atoms with Crippen LogP contribution in [0.1, 0.15) is 44.2 Å². The molecule has 1 amide bonds. The minimum atomic E-state index is 0.210. The van der Waals surface area contributed by atoms with Gasteiger partial charge in [-0.05, 0) is 43.0 Å². The molecule has 7 nitrogen and oxygen atoms in total. The number of nitrogens with zero attached hydrogens (tertiary/aromatic N) is 3. The number of rotatable bonds is 9. The van der Waals surface area contributed by atoms with E-state index in [4.69, 9.17) is 4.74 Å². The summed E-state index contributed by atoms with van der Waals surface area (Å²) in [6.45, 7) is 7.57. The smallest absolute Gasteiger partial charge is 0.227 e. The lowest BCUT2D eigenvalue weighted by Gasteiger charge is -2.16. The van der Waals surface area contributed by atoms with E-state index in [1.54, 1.807) is 6.20 Å². The SMILES string of the molecule is CCCOc1ccc(CN=C(NCC)NCc2ccc(N3CCCC3=O)cc2)cn1. The second kappa shape index (κ2) is 11.2. The number of pyridine rings is 1. The van der Waals surface area contributed by atoms with Crippen molar-refractivity contribution in [3.63, 3.8) is 0 Å². The van der Waals surface area contributed by atoms with Gasteiger partial charge >= 0.3 is 0 Å². The molecule has 0 atom stereocenters. The molecule has 0 saturated carbocycles. The van der Waals surface area contributed by atoms with Crippen molar-refractivity contribution in [1.82, 2.24) is 15.6 Å². The first kappa shape index (κ1) is 21.6. The second-order valence-electron chi connectivity index (χ2n) is 7.22. The van der Waals surface area contributed by atoms with Crippen LogP contribution >= 0.6 is 0 Å². The maximum atomic E-state index is 11.9. The molecule has 3 rings (SSSR count). The van der Waals surface area contributed by atoms with Crippen molar-refractivity contribution in [2.75, 3.05) is 24.6 Å². The van der Waals surface area contributed by atoms with Gasteiger partial charge < -0.3 is 20.3 Å². The first-order chi connectivity index (χ1) is 14.7. The van der Waals surface area contributed by atoms with Gasteiger partial charge in [0.15, 0.2) is 5.96 Å². The highest BCUT2D eigenvalue weighted by molar-refractivity contribution is 5.95. The molecule has 0 unspecified atom stereocenters. The number of hydrogen-bond acceptors (Lipinski definition) is 4. The largest absolute Gasteiger partial charge is 0.478 e. The quantitative estimate of drug-likeness (QED) is 0.491. The predicted molar refractivity (Wildman–Crippen MR) is 120 cm³/mol. The number of ether oxygens (including phenoxy) is 1. The number of aromatic nitrogens is 1. The summed E-state index contributed by atoms with van der Waals surface area (Å²) in [6.07, 6.45) is 4.35. The number of hydrogen-bond donors (Lipinski definition) is 2. The highest BCUT2D eigenvalue weighted by atomic mass is 16.5. The number of carbonyl (C=O) groups is 1. The third-order valence-electron chi connectivity index (χ3n) is 4.80. The number of benzene rings is 1. The molecular weight excluding hydrogens is 378 g/mol. The van der Waals surface area contributed by atoms with Crippen molar-refractivity contribution >= 4 is 17.6 Å². The molecule has 160 valence electrons. The molecule has 1 aliphatic heterocycles. The zero-order valence-electron chi connectivity index (χ0n) is 17.9. The fraction of sp³-hybridized carbons (Fsp3) is 0.435. The monoisotopic (exact) mass is 409 g/mol. The van der Waals surface area contributed by atoms with Crippen molar-refractivity contribution in [2.24, 2.45) is 4.99 Å². The van der Waals surface area contributed by atoms with Crippen LogP contribution in [0.15, 0.2) is 47.6 Å². The van der Waals surface area contributed by atoms with Crippen LogP contribution in [0, 0.1) is 0 Å². The van der Waals surface area contributed by atoms with Crippen molar-refractivity contribution in [1.29, 1.82) is 0 Å². The average molecular weight is 410 g/mol. The lowest BCUT2D eigenvalue weighted by Crippen LogP contribution is -2.36. The average Bonchev–Trinajstić information content (AvgIpc) is 3.21. The normalized spacial score (nSPS) is 14.1. The first-order valence-electron chi connectivity index (χ1n) is 10.7. The van der Waals surface area contributed by atoms with E-state index >= 15 is 0 Å². The Morgan fingerprint density at radius 3 is 2.57 bits per heavy atom. The predicted octanol–water partition coefficient (Wildman–Crippen LogP) is 3.25. The van der Waals surface area contributed by atoms with Crippen LogP contribution in [0.3, 0.4) is 0 Å². The molecule has 1 aliphatic rings. The van der Waals surface area contributed by atoms with Crippen molar-refractivity contribution in [3.8, 4) is 5.88 Å². The Morgan fingerprint density at radius 2 is 1.93 bits per heavy atom. The summed E-state index contributed by atoms with van der Waals surface area (Å²) in [4.78, 5) is 22.7. The van der Waals surface area contributed by atoms with E-state index in [0.717, 1.165) is 48.7 Å². The summed E-state index contributed by atoms with van der Waals surface area (Å²) < 4.78 is 5.52. The number of guanidine groups is 1. The maximum absolute atomic E-state index is 11.9. The Bertz CT molecular complexity index is 834. The van der Waals surface area contributed by atoms with Gasteiger partial charge in [0.2, 0.25) is 11.8 Å². The summed E-state index contributed by atoms with van der Waals surface area (Å²) in [7, 11) is 0. The van der Waals surface area contributed by atoms with E-state index in [1.807, 2.05) is 36.1 Å². The number of nitrogens with one attached hydrogen (secondary N) is 2. The third kappa shape index (κ3) is 6.20. The Kier molecular flexibility index (Phi) is 8.06. The van der Waals surface area contributed by atoms with E-state index in [2.05, 4.69) is 39.7 Å². The molecule has 7 heteroatoms. The molecule has 0 bridgehead atoms. The number of amides is 1. The lowest BCUT2D eigenvalue weighted by atomic mass is 10.2. The standard InChI is InChI=1S/C23H31N5O2/c1-3-14-30-21-12-9-19(16-25-21)17-27-23(24-4-2)26-15-18-7-10-20(11-8-18)28-13-5-6-22(28)29/h7-12,16H,3-6,13-15,17H2,1-2H3,(H2,24,26,27). The molecule has 0 spiro atoms. The summed E-state index contributed by atoms with van der Waals surface area (Å²) >= 11 is 0. The van der Waals surface area contributed by atoms with Gasteiger partial charge in [-0.2, -0.15) is 0 Å². The van der Waals surface area contributed by atoms with Gasteiger partial charge in [0.05, 0.1) is 13.2 Å². The molecule has 1 fully saturated rings. The fourth-order valence-corrected chi connectivity index (χ4v) is 3.21. The van der Waals surface area contributed by atoms with E-state index in [0.29, 0.717) is 32.0 Å². The molecule has 1 aromatic carbocycles. The molecule has 0 radical (unpaired) electrons. The van der Waals surface area contributed by atoms with Gasteiger partial charge in [-0.1, -0.05) is 25.1 Å². The van der Waals surface area contributed by atoms with Crippen molar-refractivity contribution in [3.05, 3.63) is 53.7 Å². The summed E-state index contributed by atoms with van der Waals surface area (Å²) in [5, 5.41) is 6.62. The Balaban J connectivity index is 1.54. The Morgan fingerprint density at radius 1 is 1.13 bits per heavy atom. The molecule has 30 heavy (non-hydrogen) atoms. The van der Waals surface area contributed by atoms with Crippen LogP contribution in [-0.2, 0) is 17.9 Å². The van der Waals surface area contributed by atoms with Crippen molar-refractivity contribution in [2.45, 2.75) is 46.2 Å². The summed E-state index contributed by atoms with van der Waals surface area (Å²) in [6, 6.07) is 12.0. The number of anilines is 1. The Hall–Kier alpha value is -3.09. The minimum absolute atomic E-state index is 0.210. The van der Waals surface area contributed by atoms with E-state index in [-0.39, 0.29) is 5.91 Å². The van der Waals surface area contributed by atoms with Crippen molar-refractivity contribution < 1.29 is 9.53 Å². The molecule has 1 aromatic heterocycles. The maximum Gasteiger partial charge on any atom is 0.227 e. The van der Waals surface area contributed by atoms with Crippen LogP contribution in [0.25, 0.3) is 0 Å². The van der Waals surface area contributed by atoms with Gasteiger partial charge in [-0.25, -0.2) is 9.98 Å². The minimum Gasteiger partial charge on any atom is -0.478 e. The molecule has 2 aromatic rings. The van der Waals surface area contributed by atoms with Crippen LogP contribution in [0.5, 0.6) is 5.88 Å². The van der Waals surface area contributed by atoms with Gasteiger partial charge in [-0.3, -0.25) is 4.79 Å². The molecular formula is C23H31N5O2. The number of carbonyl (C=O) groups excluding carboxylic acids is 1. The van der Waals surface area contributed by atoms with Crippen LogP contribution in [0.2, 0.25) is 0 Å². The highest BCUT2D eigenvalue weighted by Gasteiger charge is 2.21. The first-order valence-corrected chi connectivity index (χ1v) is 10.7. The topological polar surface area (TPSA) is 78.9 Å². The fourth-order valence-electron chi connectivity index (χ4n) is 3.21. The third-order valence-corrected chi connectivity index (χ3v) is 4.80. The molecule has 2 N–H and O–H groups in total. The second-order valence-corrected chi connectivity index (χ2v) is 7.22. The zero-order chi connectivity index (χ0) is 21.2. The van der Waals surface area contributed by atoms with Gasteiger partial charge in [-0.15, -0.1) is 0 Å². The van der Waals surface area contributed by atoms with Gasteiger partial charge in [0.1, 0.15) is 0 Å². The van der Waals surface area contributed by atoms with Gasteiger partial charge in [0, 0.05) is 44.0 Å². The van der Waals surface area contributed by atoms with Crippen LogP contribution in [0.4, 0.5) is 5.69 Å². The zero-order valence-corrected chi connectivity index (χ0v) is 17.9. The summed E-state index contributed by atoms with van der Waals surface area (Å²) in [5.41, 5.74) is 3.13. The molecule has 1 saturated heterocycles. The molecule has 2 heterocycles. The summed E-state index contributed by atoms with van der Waals surface area (Å²) in [5.74, 6) is 1.61.